The highest BCUT2D eigenvalue weighted by Gasteiger charge is 2.30. The van der Waals surface area contributed by atoms with E-state index in [-0.39, 0.29) is 0 Å². The van der Waals surface area contributed by atoms with Crippen molar-refractivity contribution in [1.29, 1.82) is 0 Å². The summed E-state index contributed by atoms with van der Waals surface area (Å²) in [5.41, 5.74) is 0.482. The molecule has 0 aromatic heterocycles. The highest BCUT2D eigenvalue weighted by atomic mass is 79.9. The van der Waals surface area contributed by atoms with Gasteiger partial charge in [-0.1, -0.05) is 33.2 Å². The molecule has 0 saturated heterocycles. The zero-order valence-electron chi connectivity index (χ0n) is 9.09. The van der Waals surface area contributed by atoms with Crippen molar-refractivity contribution < 1.29 is 18.0 Å². The number of halogens is 4. The summed E-state index contributed by atoms with van der Waals surface area (Å²) in [6.45, 7) is 2.19. The number of rotatable bonds is 4. The summed E-state index contributed by atoms with van der Waals surface area (Å²) >= 11 is 3.21. The molecule has 0 amide bonds. The predicted molar refractivity (Wildman–Crippen MR) is 63.4 cm³/mol. The molecule has 2 nitrogen and oxygen atoms in total. The molecule has 0 aliphatic heterocycles. The van der Waals surface area contributed by atoms with E-state index in [1.54, 1.807) is 6.92 Å². The summed E-state index contributed by atoms with van der Waals surface area (Å²) in [4.78, 5) is 4.87. The van der Waals surface area contributed by atoms with Gasteiger partial charge in [0.2, 0.25) is 0 Å². The lowest BCUT2D eigenvalue weighted by atomic mass is 10.1. The second-order valence-electron chi connectivity index (χ2n) is 3.16. The van der Waals surface area contributed by atoms with E-state index in [2.05, 4.69) is 21.1 Å². The first kappa shape index (κ1) is 14.0. The summed E-state index contributed by atoms with van der Waals surface area (Å²) in [7, 11) is 0. The molecule has 0 bridgehead atoms. The molecule has 1 aromatic rings. The van der Waals surface area contributed by atoms with Crippen LogP contribution in [0, 0.1) is 0 Å². The SMILES string of the molecule is CCON=C(CBr)c1ccc(C(F)(F)F)cc1. The summed E-state index contributed by atoms with van der Waals surface area (Å²) in [6.07, 6.45) is -4.32. The standard InChI is InChI=1S/C11H11BrF3NO/c1-2-17-16-10(7-12)8-3-5-9(6-4-8)11(13,14)15/h3-6H,2,7H2,1H3. The number of oxime groups is 1. The molecule has 1 aromatic carbocycles. The van der Waals surface area contributed by atoms with Gasteiger partial charge in [0.1, 0.15) is 6.61 Å². The van der Waals surface area contributed by atoms with Gasteiger partial charge in [0.25, 0.3) is 0 Å². The van der Waals surface area contributed by atoms with Crippen molar-refractivity contribution >= 4 is 21.6 Å². The largest absolute Gasteiger partial charge is 0.416 e. The molecule has 0 aliphatic rings. The van der Waals surface area contributed by atoms with Crippen LogP contribution in [-0.2, 0) is 11.0 Å². The maximum absolute atomic E-state index is 12.3. The van der Waals surface area contributed by atoms with E-state index in [1.807, 2.05) is 0 Å². The quantitative estimate of drug-likeness (QED) is 0.470. The Morgan fingerprint density at radius 1 is 1.29 bits per heavy atom. The van der Waals surface area contributed by atoms with Gasteiger partial charge in [0.15, 0.2) is 0 Å². The van der Waals surface area contributed by atoms with Gasteiger partial charge in [-0.15, -0.1) is 0 Å². The molecule has 17 heavy (non-hydrogen) atoms. The van der Waals surface area contributed by atoms with Gasteiger partial charge in [-0.2, -0.15) is 13.2 Å². The fourth-order valence-electron chi connectivity index (χ4n) is 1.15. The fourth-order valence-corrected chi connectivity index (χ4v) is 1.57. The Labute approximate surface area is 106 Å². The molecule has 0 fully saturated rings. The van der Waals surface area contributed by atoms with E-state index in [0.29, 0.717) is 23.2 Å². The Kier molecular flexibility index (Phi) is 4.99. The number of hydrogen-bond acceptors (Lipinski definition) is 2. The van der Waals surface area contributed by atoms with Crippen LogP contribution in [-0.4, -0.2) is 17.6 Å². The van der Waals surface area contributed by atoms with Crippen molar-refractivity contribution in [3.8, 4) is 0 Å². The average molecular weight is 310 g/mol. The van der Waals surface area contributed by atoms with Crippen LogP contribution < -0.4 is 0 Å². The summed E-state index contributed by atoms with van der Waals surface area (Å²) in [6, 6.07) is 4.81. The third kappa shape index (κ3) is 4.03. The van der Waals surface area contributed by atoms with Crippen molar-refractivity contribution in [2.24, 2.45) is 5.16 Å². The van der Waals surface area contributed by atoms with Crippen LogP contribution >= 0.6 is 15.9 Å². The first-order valence-electron chi connectivity index (χ1n) is 4.91. The molecule has 0 unspecified atom stereocenters. The normalized spacial score (nSPS) is 12.6. The molecule has 0 atom stereocenters. The van der Waals surface area contributed by atoms with Crippen molar-refractivity contribution in [1.82, 2.24) is 0 Å². The van der Waals surface area contributed by atoms with Gasteiger partial charge in [-0.05, 0) is 19.1 Å². The van der Waals surface area contributed by atoms with Gasteiger partial charge < -0.3 is 4.84 Å². The monoisotopic (exact) mass is 309 g/mol. The number of nitrogens with zero attached hydrogens (tertiary/aromatic N) is 1. The lowest BCUT2D eigenvalue weighted by Crippen LogP contribution is -2.07. The van der Waals surface area contributed by atoms with Crippen LogP contribution in [0.4, 0.5) is 13.2 Å². The second kappa shape index (κ2) is 6.05. The molecule has 94 valence electrons. The van der Waals surface area contributed by atoms with Crippen LogP contribution in [0.1, 0.15) is 18.1 Å². The summed E-state index contributed by atoms with van der Waals surface area (Å²) in [5.74, 6) is 0. The van der Waals surface area contributed by atoms with E-state index in [0.717, 1.165) is 12.1 Å². The molecule has 0 heterocycles. The van der Waals surface area contributed by atoms with Crippen molar-refractivity contribution in [2.45, 2.75) is 13.1 Å². The Bertz CT molecular complexity index is 387. The molecule has 0 aliphatic carbocycles. The van der Waals surface area contributed by atoms with Crippen LogP contribution in [0.25, 0.3) is 0 Å². The lowest BCUT2D eigenvalue weighted by molar-refractivity contribution is -0.137. The molecule has 0 saturated carbocycles. The van der Waals surface area contributed by atoms with E-state index >= 15 is 0 Å². The fraction of sp³-hybridized carbons (Fsp3) is 0.364. The first-order chi connectivity index (χ1) is 7.99. The molecular formula is C11H11BrF3NO. The first-order valence-corrected chi connectivity index (χ1v) is 6.03. The third-order valence-corrected chi connectivity index (χ3v) is 2.51. The van der Waals surface area contributed by atoms with Gasteiger partial charge in [-0.25, -0.2) is 0 Å². The highest BCUT2D eigenvalue weighted by molar-refractivity contribution is 9.09. The minimum Gasteiger partial charge on any atom is -0.396 e. The predicted octanol–water partition coefficient (Wildman–Crippen LogP) is 3.84. The number of hydrogen-bond donors (Lipinski definition) is 0. The van der Waals surface area contributed by atoms with Crippen LogP contribution in [0.5, 0.6) is 0 Å². The number of benzene rings is 1. The molecule has 1 rings (SSSR count). The highest BCUT2D eigenvalue weighted by Crippen LogP contribution is 2.29. The molecule has 6 heteroatoms. The van der Waals surface area contributed by atoms with E-state index < -0.39 is 11.7 Å². The Balaban J connectivity index is 2.93. The zero-order chi connectivity index (χ0) is 12.9. The second-order valence-corrected chi connectivity index (χ2v) is 3.73. The molecule has 0 radical (unpaired) electrons. The van der Waals surface area contributed by atoms with Crippen LogP contribution in [0.15, 0.2) is 29.4 Å². The van der Waals surface area contributed by atoms with Crippen molar-refractivity contribution in [3.63, 3.8) is 0 Å². The molecule has 0 spiro atoms. The molecular weight excluding hydrogens is 299 g/mol. The lowest BCUT2D eigenvalue weighted by Gasteiger charge is -2.08. The van der Waals surface area contributed by atoms with Crippen molar-refractivity contribution in [2.75, 3.05) is 11.9 Å². The molecule has 0 N–H and O–H groups in total. The van der Waals surface area contributed by atoms with Gasteiger partial charge >= 0.3 is 6.18 Å². The van der Waals surface area contributed by atoms with Gasteiger partial charge in [-0.3, -0.25) is 0 Å². The Morgan fingerprint density at radius 3 is 2.29 bits per heavy atom. The van der Waals surface area contributed by atoms with E-state index in [1.165, 1.54) is 12.1 Å². The Morgan fingerprint density at radius 2 is 1.88 bits per heavy atom. The van der Waals surface area contributed by atoms with Crippen LogP contribution in [0.2, 0.25) is 0 Å². The Hall–Kier alpha value is -1.04. The van der Waals surface area contributed by atoms with E-state index in [4.69, 9.17) is 4.84 Å². The number of alkyl halides is 4. The smallest absolute Gasteiger partial charge is 0.396 e. The van der Waals surface area contributed by atoms with Gasteiger partial charge in [0.05, 0.1) is 11.3 Å². The average Bonchev–Trinajstić information content (AvgIpc) is 2.29. The zero-order valence-corrected chi connectivity index (χ0v) is 10.7. The maximum Gasteiger partial charge on any atom is 0.416 e. The van der Waals surface area contributed by atoms with Crippen molar-refractivity contribution in [3.05, 3.63) is 35.4 Å². The summed E-state index contributed by atoms with van der Waals surface area (Å²) < 4.78 is 37.0. The maximum atomic E-state index is 12.3. The van der Waals surface area contributed by atoms with Crippen LogP contribution in [0.3, 0.4) is 0 Å². The minimum atomic E-state index is -4.32. The summed E-state index contributed by atoms with van der Waals surface area (Å²) in [5, 5.41) is 4.23. The third-order valence-electron chi connectivity index (χ3n) is 1.98. The van der Waals surface area contributed by atoms with E-state index in [9.17, 15) is 13.2 Å². The van der Waals surface area contributed by atoms with Gasteiger partial charge in [0, 0.05) is 10.9 Å². The topological polar surface area (TPSA) is 21.6 Å². The minimum absolute atomic E-state index is 0.414.